The summed E-state index contributed by atoms with van der Waals surface area (Å²) in [5, 5.41) is 3.14. The maximum atomic E-state index is 5.50. The average Bonchev–Trinajstić information content (AvgIpc) is 3.72. The molecule has 15 heteroatoms. The van der Waals surface area contributed by atoms with Gasteiger partial charge in [-0.2, -0.15) is 14.7 Å². The fourth-order valence-corrected chi connectivity index (χ4v) is 6.11. The first kappa shape index (κ1) is 36.7. The molecule has 2 aliphatic heterocycles. The first-order valence-electron chi connectivity index (χ1n) is 13.2. The Bertz CT molecular complexity index is 2540. The molecule has 2 aliphatic rings. The third-order valence-corrected chi connectivity index (χ3v) is 8.28. The van der Waals surface area contributed by atoms with Crippen LogP contribution in [-0.2, 0) is 55.0 Å². The summed E-state index contributed by atoms with van der Waals surface area (Å²) in [4.78, 5) is 41.2. The van der Waals surface area contributed by atoms with Gasteiger partial charge in [-0.3, -0.25) is 0 Å². The smallest absolute Gasteiger partial charge is 0.780 e. The third kappa shape index (κ3) is 6.32. The maximum Gasteiger partial charge on any atom is 2.00 e. The summed E-state index contributed by atoms with van der Waals surface area (Å²) in [6.45, 7) is 0. The van der Waals surface area contributed by atoms with Gasteiger partial charge in [-0.05, 0) is 21.5 Å². The summed E-state index contributed by atoms with van der Waals surface area (Å²) in [5.41, 5.74) is 5.11. The molecule has 3 aromatic heterocycles. The zero-order chi connectivity index (χ0) is 28.8. The Labute approximate surface area is 361 Å². The van der Waals surface area contributed by atoms with E-state index < -0.39 is 0 Å². The van der Waals surface area contributed by atoms with Gasteiger partial charge >= 0.3 is 106 Å². The summed E-state index contributed by atoms with van der Waals surface area (Å²) in [5.74, 6) is 1.93. The van der Waals surface area contributed by atoms with E-state index in [4.69, 9.17) is 77.8 Å². The zero-order valence-corrected chi connectivity index (χ0v) is 34.5. The van der Waals surface area contributed by atoms with Crippen LogP contribution in [0.3, 0.4) is 0 Å². The second-order valence-electron chi connectivity index (χ2n) is 10.2. The molecule has 7 aromatic rings. The van der Waals surface area contributed by atoms with E-state index in [-0.39, 0.29) is 106 Å². The third-order valence-electron chi connectivity index (χ3n) is 7.52. The van der Waals surface area contributed by atoms with E-state index in [1.54, 1.807) is 0 Å². The normalized spacial score (nSPS) is 11.0. The van der Waals surface area contributed by atoms with Crippen molar-refractivity contribution in [2.24, 2.45) is 0 Å². The topological polar surface area (TPSA) is 106 Å². The van der Waals surface area contributed by atoms with Crippen LogP contribution in [0.1, 0.15) is 0 Å². The van der Waals surface area contributed by atoms with Crippen LogP contribution >= 0.6 is 0 Å². The number of hydrogen-bond donors (Lipinski definition) is 0. The maximum absolute atomic E-state index is 5.50. The van der Waals surface area contributed by atoms with Gasteiger partial charge in [-0.15, -0.1) is 0 Å². The Balaban J connectivity index is 0.00000108. The van der Waals surface area contributed by atoms with Crippen molar-refractivity contribution in [2.75, 3.05) is 0 Å². The molecule has 9 rings (SSSR count). The minimum atomic E-state index is 0. The summed E-state index contributed by atoms with van der Waals surface area (Å²) in [6.07, 6.45) is 0. The van der Waals surface area contributed by atoms with Gasteiger partial charge in [0.25, 0.3) is 0 Å². The zero-order valence-electron chi connectivity index (χ0n) is 25.1. The number of hydrogen-bond acceptors (Lipinski definition) is 9. The van der Waals surface area contributed by atoms with E-state index in [2.05, 4.69) is 0 Å². The Hall–Kier alpha value is -1.58. The van der Waals surface area contributed by atoms with Crippen molar-refractivity contribution in [1.82, 2.24) is 39.9 Å². The van der Waals surface area contributed by atoms with Crippen LogP contribution in [0.5, 0.6) is 0 Å². The number of aromatic nitrogens is 8. The van der Waals surface area contributed by atoms with Gasteiger partial charge < -0.3 is 62.8 Å². The molecule has 0 saturated heterocycles. The molecule has 0 saturated carbocycles. The van der Waals surface area contributed by atoms with Crippen LogP contribution in [0.25, 0.3) is 89.7 Å². The number of benzene rings is 4. The van der Waals surface area contributed by atoms with Crippen LogP contribution in [0.4, 0.5) is 0 Å². The van der Waals surface area contributed by atoms with Crippen molar-refractivity contribution in [2.45, 2.75) is 14.7 Å². The molecule has 8 nitrogen and oxygen atoms in total. The standard InChI is InChI=1S/C32H16N8S3.Cu.3Na/c41-14-5-8-19-22(11-14)31-36-27(19)34-25-17-3-1-2-4-18(17)26(33-25)35-30-23-12-15(42)6-9-20(23)28(37-30)39-32-24-13-16(43)7-10-21(24)29(38-31)40-32;;;;/h1-13H,(H3-2,33,34,35,36,37,38,39,40,41,42,43);;;;/q-2;+2;3*+1/p-3. The van der Waals surface area contributed by atoms with Gasteiger partial charge in [0, 0.05) is 44.8 Å². The largest absolute Gasteiger partial charge is 2.00 e. The van der Waals surface area contributed by atoms with Crippen LogP contribution < -0.4 is 98.6 Å². The predicted octanol–water partition coefficient (Wildman–Crippen LogP) is -3.15. The van der Waals surface area contributed by atoms with Gasteiger partial charge in [0.2, 0.25) is 0 Å². The molecular weight excluding hydrogens is 725 g/mol. The van der Waals surface area contributed by atoms with Crippen molar-refractivity contribution < 1.29 is 106 Å². The monoisotopic (exact) mass is 737 g/mol. The quantitative estimate of drug-likeness (QED) is 0.117. The van der Waals surface area contributed by atoms with Gasteiger partial charge in [0.15, 0.2) is 11.6 Å². The van der Waals surface area contributed by atoms with E-state index >= 15 is 0 Å². The van der Waals surface area contributed by atoms with Gasteiger partial charge in [0.1, 0.15) is 0 Å². The molecule has 0 N–H and O–H groups in total. The molecular formula is C32H13CuN8Na3S3. The SMILES string of the molecule is [Cu+2].[Na+].[Na+].[Na+].[S-]c1ccc2c(c1)-c1nc-2nc2nc(nc3[n-]c(nc4[n-]c(n1)c1ccc([S-])cc41)c1ccc([S-])cc31)-c1ccccc1-2. The number of fused-ring (bicyclic) bond motifs is 20. The van der Waals surface area contributed by atoms with Crippen molar-refractivity contribution in [3.05, 3.63) is 78.9 Å². The second-order valence-corrected chi connectivity index (χ2v) is 11.6. The van der Waals surface area contributed by atoms with Gasteiger partial charge in [-0.1, -0.05) is 78.9 Å². The second kappa shape index (κ2) is 14.3. The predicted molar refractivity (Wildman–Crippen MR) is 171 cm³/mol. The Morgan fingerprint density at radius 1 is 0.383 bits per heavy atom. The molecule has 47 heavy (non-hydrogen) atoms. The van der Waals surface area contributed by atoms with Gasteiger partial charge in [0.05, 0.1) is 11.6 Å². The van der Waals surface area contributed by atoms with E-state index in [1.807, 2.05) is 78.9 Å². The molecule has 0 spiro atoms. The van der Waals surface area contributed by atoms with Crippen molar-refractivity contribution in [3.8, 4) is 45.6 Å². The molecule has 0 fully saturated rings. The number of rotatable bonds is 0. The minimum absolute atomic E-state index is 0. The van der Waals surface area contributed by atoms with Crippen molar-refractivity contribution >= 4 is 82.0 Å². The van der Waals surface area contributed by atoms with E-state index in [9.17, 15) is 0 Å². The Morgan fingerprint density at radius 2 is 0.766 bits per heavy atom. The molecule has 8 bridgehead atoms. The fourth-order valence-electron chi connectivity index (χ4n) is 5.55. The molecule has 4 aromatic carbocycles. The summed E-state index contributed by atoms with van der Waals surface area (Å²) in [7, 11) is 0. The molecule has 0 aliphatic carbocycles. The Kier molecular flexibility index (Phi) is 11.2. The van der Waals surface area contributed by atoms with E-state index in [1.165, 1.54) is 0 Å². The Morgan fingerprint density at radius 3 is 1.32 bits per heavy atom. The van der Waals surface area contributed by atoms with Crippen molar-refractivity contribution in [1.29, 1.82) is 0 Å². The van der Waals surface area contributed by atoms with Crippen molar-refractivity contribution in [3.63, 3.8) is 0 Å². The molecule has 213 valence electrons. The molecule has 0 amide bonds. The first-order valence-corrected chi connectivity index (χ1v) is 14.5. The molecule has 1 radical (unpaired) electrons. The van der Waals surface area contributed by atoms with Gasteiger partial charge in [-0.25, -0.2) is 15.0 Å². The van der Waals surface area contributed by atoms with E-state index in [0.717, 1.165) is 43.8 Å². The number of nitrogens with zero attached hydrogens (tertiary/aromatic N) is 8. The fraction of sp³-hybridized carbons (Fsp3) is 0. The minimum Gasteiger partial charge on any atom is -0.780 e. The average molecular weight is 738 g/mol. The van der Waals surface area contributed by atoms with Crippen LogP contribution in [0.15, 0.2) is 93.5 Å². The first-order chi connectivity index (χ1) is 21.0. The summed E-state index contributed by atoms with van der Waals surface area (Å²) >= 11 is 16.5. The van der Waals surface area contributed by atoms with Crippen LogP contribution in [-0.4, -0.2) is 29.9 Å². The molecule has 5 heterocycles. The summed E-state index contributed by atoms with van der Waals surface area (Å²) < 4.78 is 0. The van der Waals surface area contributed by atoms with Crippen LogP contribution in [0.2, 0.25) is 0 Å². The van der Waals surface area contributed by atoms with E-state index in [0.29, 0.717) is 60.6 Å². The summed E-state index contributed by atoms with van der Waals surface area (Å²) in [6, 6.07) is 24.8. The molecule has 0 atom stereocenters. The van der Waals surface area contributed by atoms with Crippen LogP contribution in [0, 0.1) is 0 Å². The molecule has 0 unspecified atom stereocenters.